The van der Waals surface area contributed by atoms with E-state index in [0.717, 1.165) is 0 Å². The summed E-state index contributed by atoms with van der Waals surface area (Å²) in [5.74, 6) is -1.71. The number of fused-ring (bicyclic) bond motifs is 10. The number of ether oxygens (including phenoxy) is 2. The average molecular weight is 615 g/mol. The number of methoxy groups -OCH3 is 1. The molecule has 2 aromatic carbocycles. The molecule has 2 heterocycles. The van der Waals surface area contributed by atoms with E-state index in [1.54, 1.807) is 31.2 Å². The normalized spacial score (nSPS) is 20.9. The number of carbonyl (C=O) groups is 3. The van der Waals surface area contributed by atoms with Crippen LogP contribution in [0.3, 0.4) is 0 Å². The van der Waals surface area contributed by atoms with Crippen molar-refractivity contribution in [1.29, 1.82) is 0 Å². The van der Waals surface area contributed by atoms with E-state index in [1.807, 2.05) is 0 Å². The molecule has 3 atom stereocenters. The molecule has 0 saturated heterocycles. The van der Waals surface area contributed by atoms with Crippen LogP contribution in [-0.2, 0) is 32.0 Å². The summed E-state index contributed by atoms with van der Waals surface area (Å²) < 4.78 is 11.9. The van der Waals surface area contributed by atoms with E-state index in [4.69, 9.17) is 15.2 Å². The Morgan fingerprint density at radius 1 is 1.11 bits per heavy atom. The molecule has 35 heavy (non-hydrogen) atoms. The van der Waals surface area contributed by atoms with E-state index < -0.39 is 42.5 Å². The van der Waals surface area contributed by atoms with Crippen LogP contribution in [0.4, 0.5) is 0 Å². The summed E-state index contributed by atoms with van der Waals surface area (Å²) in [6.45, 7) is 0.979. The van der Waals surface area contributed by atoms with Crippen LogP contribution in [0.15, 0.2) is 33.2 Å². The van der Waals surface area contributed by atoms with Gasteiger partial charge in [0.15, 0.2) is 17.2 Å². The predicted molar refractivity (Wildman–Crippen MR) is 133 cm³/mol. The topological polar surface area (TPSA) is 160 Å². The minimum atomic E-state index is -1.34. The number of aromatic hydroxyl groups is 1. The van der Waals surface area contributed by atoms with Crippen LogP contribution >= 0.6 is 31.9 Å². The molecular weight excluding hydrogens is 590 g/mol. The number of nitrogens with one attached hydrogen (secondary N) is 2. The van der Waals surface area contributed by atoms with Crippen molar-refractivity contribution < 1.29 is 34.1 Å². The smallest absolute Gasteiger partial charge is 0.328 e. The Labute approximate surface area is 218 Å². The van der Waals surface area contributed by atoms with Gasteiger partial charge in [0.05, 0.1) is 28.7 Å². The van der Waals surface area contributed by atoms with Crippen LogP contribution in [0.5, 0.6) is 17.2 Å². The number of aliphatic hydroxyl groups is 1. The lowest BCUT2D eigenvalue weighted by Gasteiger charge is -2.22. The lowest BCUT2D eigenvalue weighted by molar-refractivity contribution is -0.145. The van der Waals surface area contributed by atoms with Crippen molar-refractivity contribution >= 4 is 49.6 Å². The molecule has 188 valence electrons. The van der Waals surface area contributed by atoms with Crippen molar-refractivity contribution in [3.8, 4) is 17.2 Å². The molecule has 0 aliphatic carbocycles. The van der Waals surface area contributed by atoms with E-state index in [1.165, 1.54) is 7.11 Å². The van der Waals surface area contributed by atoms with Gasteiger partial charge in [-0.05, 0) is 80.1 Å². The summed E-state index contributed by atoms with van der Waals surface area (Å²) in [5, 5.41) is 25.2. The van der Waals surface area contributed by atoms with Crippen molar-refractivity contribution in [2.24, 2.45) is 5.73 Å². The summed E-state index contributed by atoms with van der Waals surface area (Å²) in [6.07, 6.45) is 0.108. The number of phenolic OH excluding ortho intramolecular Hbond substituents is 1. The van der Waals surface area contributed by atoms with Crippen LogP contribution in [0, 0.1) is 6.92 Å². The Balaban J connectivity index is 2.11. The molecule has 10 nitrogen and oxygen atoms in total. The number of benzene rings is 2. The van der Waals surface area contributed by atoms with E-state index in [9.17, 15) is 24.6 Å². The zero-order valence-electron chi connectivity index (χ0n) is 18.9. The summed E-state index contributed by atoms with van der Waals surface area (Å²) in [5.41, 5.74) is 7.82. The van der Waals surface area contributed by atoms with Gasteiger partial charge in [-0.2, -0.15) is 0 Å². The Kier molecular flexibility index (Phi) is 8.75. The van der Waals surface area contributed by atoms with Crippen LogP contribution in [-0.4, -0.2) is 59.8 Å². The van der Waals surface area contributed by atoms with Crippen molar-refractivity contribution in [3.05, 3.63) is 49.9 Å². The van der Waals surface area contributed by atoms with Gasteiger partial charge in [-0.15, -0.1) is 0 Å². The molecule has 2 aromatic rings. The molecule has 0 radical (unpaired) electrons. The zero-order chi connectivity index (χ0) is 25.9. The third-order valence-electron chi connectivity index (χ3n) is 5.45. The quantitative estimate of drug-likeness (QED) is 0.319. The first-order chi connectivity index (χ1) is 16.5. The monoisotopic (exact) mass is 613 g/mol. The highest BCUT2D eigenvalue weighted by molar-refractivity contribution is 9.11. The number of phenols is 1. The summed E-state index contributed by atoms with van der Waals surface area (Å²) in [7, 11) is 1.19. The largest absolute Gasteiger partial charge is 0.504 e. The number of halogens is 2. The minimum Gasteiger partial charge on any atom is -0.504 e. The van der Waals surface area contributed by atoms with Gasteiger partial charge < -0.3 is 36.1 Å². The van der Waals surface area contributed by atoms with Crippen LogP contribution in [0.1, 0.15) is 16.7 Å². The highest BCUT2D eigenvalue weighted by atomic mass is 79.9. The van der Waals surface area contributed by atoms with E-state index >= 15 is 0 Å². The van der Waals surface area contributed by atoms with Gasteiger partial charge in [-0.25, -0.2) is 4.79 Å². The van der Waals surface area contributed by atoms with Crippen molar-refractivity contribution in [1.82, 2.24) is 10.6 Å². The number of hydrogen-bond donors (Lipinski definition) is 5. The molecule has 4 bridgehead atoms. The molecule has 4 rings (SSSR count). The maximum atomic E-state index is 12.8. The molecule has 0 spiro atoms. The fourth-order valence-corrected chi connectivity index (χ4v) is 5.06. The number of nitrogens with two attached hydrogens (primary N) is 1. The molecule has 12 heteroatoms. The van der Waals surface area contributed by atoms with Gasteiger partial charge in [0.2, 0.25) is 11.8 Å². The van der Waals surface area contributed by atoms with E-state index in [2.05, 4.69) is 42.5 Å². The Hall–Kier alpha value is -2.67. The average Bonchev–Trinajstić information content (AvgIpc) is 2.80. The second kappa shape index (κ2) is 11.4. The van der Waals surface area contributed by atoms with Gasteiger partial charge in [0, 0.05) is 6.42 Å². The molecule has 6 N–H and O–H groups in total. The number of hydrogen-bond acceptors (Lipinski definition) is 8. The molecular formula is C23H25Br2N3O7. The van der Waals surface area contributed by atoms with Gasteiger partial charge in [-0.3, -0.25) is 9.59 Å². The second-order valence-corrected chi connectivity index (χ2v) is 9.80. The van der Waals surface area contributed by atoms with Crippen LogP contribution in [0.2, 0.25) is 0 Å². The Morgan fingerprint density at radius 2 is 1.74 bits per heavy atom. The molecule has 2 aliphatic heterocycles. The second-order valence-electron chi connectivity index (χ2n) is 8.09. The molecule has 0 saturated carbocycles. The highest BCUT2D eigenvalue weighted by Crippen LogP contribution is 2.42. The summed E-state index contributed by atoms with van der Waals surface area (Å²) >= 11 is 6.91. The summed E-state index contributed by atoms with van der Waals surface area (Å²) in [6, 6.07) is 3.15. The molecule has 0 unspecified atom stereocenters. The Morgan fingerprint density at radius 3 is 2.34 bits per heavy atom. The lowest BCUT2D eigenvalue weighted by atomic mass is 10.0. The lowest BCUT2D eigenvalue weighted by Crippen LogP contribution is -2.56. The maximum absolute atomic E-state index is 12.8. The van der Waals surface area contributed by atoms with Gasteiger partial charge in [-0.1, -0.05) is 6.07 Å². The van der Waals surface area contributed by atoms with Crippen LogP contribution in [0.25, 0.3) is 0 Å². The summed E-state index contributed by atoms with van der Waals surface area (Å²) in [4.78, 5) is 37.8. The standard InChI is InChI=1S/C23H25Br2N3O7/c1-10-3-11-6-15(26)21(31)28-17(9-29)22(32)27-16(23(33)34-2)7-12-4-13(24)20(14(25)5-12)35-18(8-11)19(10)30/h3-5,8,15-17,29-30H,6-7,9,26H2,1-2H3,(H,27,32)(H,28,31)/t15-,16-,17-/m0/s1. The van der Waals surface area contributed by atoms with E-state index in [0.29, 0.717) is 31.4 Å². The minimum absolute atomic E-state index is 0.0430. The van der Waals surface area contributed by atoms with Gasteiger partial charge >= 0.3 is 5.97 Å². The number of aryl methyl sites for hydroxylation is 1. The molecule has 2 aliphatic rings. The highest BCUT2D eigenvalue weighted by Gasteiger charge is 2.29. The van der Waals surface area contributed by atoms with E-state index in [-0.39, 0.29) is 24.3 Å². The number of amides is 2. The van der Waals surface area contributed by atoms with Crippen molar-refractivity contribution in [2.75, 3.05) is 13.7 Å². The maximum Gasteiger partial charge on any atom is 0.328 e. The fourth-order valence-electron chi connectivity index (χ4n) is 3.62. The molecule has 0 fully saturated rings. The number of esters is 1. The fraction of sp³-hybridized carbons (Fsp3) is 0.348. The van der Waals surface area contributed by atoms with Crippen LogP contribution < -0.4 is 21.1 Å². The molecule has 2 amide bonds. The zero-order valence-corrected chi connectivity index (χ0v) is 22.1. The Bertz CT molecular complexity index is 1140. The first kappa shape index (κ1) is 26.9. The van der Waals surface area contributed by atoms with Gasteiger partial charge in [0.25, 0.3) is 0 Å². The predicted octanol–water partition coefficient (Wildman–Crippen LogP) is 1.58. The number of carbonyl (C=O) groups excluding carboxylic acids is 3. The first-order valence-electron chi connectivity index (χ1n) is 10.6. The van der Waals surface area contributed by atoms with Crippen molar-refractivity contribution in [2.45, 2.75) is 37.9 Å². The third kappa shape index (κ3) is 6.31. The van der Waals surface area contributed by atoms with Gasteiger partial charge in [0.1, 0.15) is 12.1 Å². The molecule has 0 aromatic heterocycles. The number of rotatable bonds is 2. The van der Waals surface area contributed by atoms with Crippen molar-refractivity contribution in [3.63, 3.8) is 0 Å². The third-order valence-corrected chi connectivity index (χ3v) is 6.62. The number of aliphatic hydroxyl groups excluding tert-OH is 1. The first-order valence-corrected chi connectivity index (χ1v) is 12.2. The SMILES string of the molecule is COC(=O)[C@@H]1Cc2cc(Br)c(c(Br)c2)Oc2cc(cc(C)c2O)C[C@H](N)C(=O)N[C@@H](CO)C(=O)N1.